The minimum Gasteiger partial charge on any atom is -0.396 e. The second-order valence-electron chi connectivity index (χ2n) is 5.26. The third-order valence-corrected chi connectivity index (χ3v) is 3.63. The molecule has 0 aromatic carbocycles. The summed E-state index contributed by atoms with van der Waals surface area (Å²) in [7, 11) is 0. The normalized spacial score (nSPS) is 16.6. The smallest absolute Gasteiger partial charge is 0.134 e. The lowest BCUT2D eigenvalue weighted by Crippen LogP contribution is -2.21. The number of aryl methyl sites for hydroxylation is 1. The Labute approximate surface area is 108 Å². The third-order valence-electron chi connectivity index (χ3n) is 3.63. The van der Waals surface area contributed by atoms with Gasteiger partial charge in [0.2, 0.25) is 0 Å². The SMILES string of the molecule is CCCc1nc(N)c(C)c(NCC2(CO)CC2)n1. The van der Waals surface area contributed by atoms with Crippen LogP contribution in [-0.4, -0.2) is 28.2 Å². The first kappa shape index (κ1) is 13.1. The van der Waals surface area contributed by atoms with Crippen LogP contribution in [-0.2, 0) is 6.42 Å². The highest BCUT2D eigenvalue weighted by Gasteiger charge is 2.41. The fourth-order valence-corrected chi connectivity index (χ4v) is 1.93. The highest BCUT2D eigenvalue weighted by atomic mass is 16.3. The molecule has 100 valence electrons. The summed E-state index contributed by atoms with van der Waals surface area (Å²) in [6, 6.07) is 0. The molecule has 1 aromatic rings. The number of aliphatic hydroxyl groups excluding tert-OH is 1. The molecule has 0 spiro atoms. The van der Waals surface area contributed by atoms with E-state index in [1.165, 1.54) is 0 Å². The van der Waals surface area contributed by atoms with E-state index in [2.05, 4.69) is 22.2 Å². The van der Waals surface area contributed by atoms with E-state index in [4.69, 9.17) is 5.73 Å². The third kappa shape index (κ3) is 2.72. The molecule has 0 amide bonds. The second kappa shape index (κ2) is 5.10. The van der Waals surface area contributed by atoms with Gasteiger partial charge in [0, 0.05) is 23.9 Å². The van der Waals surface area contributed by atoms with Gasteiger partial charge in [-0.25, -0.2) is 9.97 Å². The molecule has 2 rings (SSSR count). The number of hydrogen-bond donors (Lipinski definition) is 3. The molecular weight excluding hydrogens is 228 g/mol. The van der Waals surface area contributed by atoms with Gasteiger partial charge in [-0.3, -0.25) is 0 Å². The first-order valence-electron chi connectivity index (χ1n) is 6.58. The number of nitrogen functional groups attached to an aromatic ring is 1. The maximum atomic E-state index is 9.30. The van der Waals surface area contributed by atoms with Gasteiger partial charge in [-0.1, -0.05) is 6.92 Å². The molecule has 0 aliphatic heterocycles. The fourth-order valence-electron chi connectivity index (χ4n) is 1.93. The Morgan fingerprint density at radius 1 is 1.39 bits per heavy atom. The Hall–Kier alpha value is -1.36. The topological polar surface area (TPSA) is 84.1 Å². The average molecular weight is 250 g/mol. The van der Waals surface area contributed by atoms with Crippen LogP contribution in [0.5, 0.6) is 0 Å². The van der Waals surface area contributed by atoms with Crippen LogP contribution >= 0.6 is 0 Å². The molecular formula is C13H22N4O. The zero-order valence-electron chi connectivity index (χ0n) is 11.2. The van der Waals surface area contributed by atoms with Crippen LogP contribution in [0.15, 0.2) is 0 Å². The van der Waals surface area contributed by atoms with Crippen molar-refractivity contribution in [1.29, 1.82) is 0 Å². The number of aromatic nitrogens is 2. The Balaban J connectivity index is 2.10. The summed E-state index contributed by atoms with van der Waals surface area (Å²) in [5.41, 5.74) is 6.86. The Morgan fingerprint density at radius 2 is 2.11 bits per heavy atom. The molecule has 1 saturated carbocycles. The quantitative estimate of drug-likeness (QED) is 0.712. The minimum absolute atomic E-state index is 0.0665. The van der Waals surface area contributed by atoms with E-state index >= 15 is 0 Å². The maximum absolute atomic E-state index is 9.30. The van der Waals surface area contributed by atoms with Crippen LogP contribution in [0.1, 0.15) is 37.6 Å². The van der Waals surface area contributed by atoms with E-state index in [1.54, 1.807) is 0 Å². The zero-order valence-corrected chi connectivity index (χ0v) is 11.2. The number of rotatable bonds is 6. The van der Waals surface area contributed by atoms with Crippen molar-refractivity contribution in [2.75, 3.05) is 24.2 Å². The molecule has 1 aromatic heterocycles. The van der Waals surface area contributed by atoms with Gasteiger partial charge < -0.3 is 16.2 Å². The summed E-state index contributed by atoms with van der Waals surface area (Å²) < 4.78 is 0. The molecule has 5 nitrogen and oxygen atoms in total. The molecule has 0 unspecified atom stereocenters. The lowest BCUT2D eigenvalue weighted by Gasteiger charge is -2.16. The van der Waals surface area contributed by atoms with E-state index < -0.39 is 0 Å². The van der Waals surface area contributed by atoms with E-state index in [9.17, 15) is 5.11 Å². The van der Waals surface area contributed by atoms with E-state index in [-0.39, 0.29) is 12.0 Å². The van der Waals surface area contributed by atoms with Gasteiger partial charge in [0.15, 0.2) is 0 Å². The average Bonchev–Trinajstić information content (AvgIpc) is 3.13. The van der Waals surface area contributed by atoms with Gasteiger partial charge in [-0.05, 0) is 26.2 Å². The van der Waals surface area contributed by atoms with Crippen LogP contribution in [0.3, 0.4) is 0 Å². The molecule has 0 atom stereocenters. The minimum atomic E-state index is 0.0665. The van der Waals surface area contributed by atoms with Crippen molar-refractivity contribution in [3.05, 3.63) is 11.4 Å². The van der Waals surface area contributed by atoms with Gasteiger partial charge >= 0.3 is 0 Å². The standard InChI is InChI=1S/C13H22N4O/c1-3-4-10-16-11(14)9(2)12(17-10)15-7-13(8-18)5-6-13/h18H,3-8H2,1-2H3,(H3,14,15,16,17). The molecule has 5 heteroatoms. The van der Waals surface area contributed by atoms with Crippen molar-refractivity contribution in [1.82, 2.24) is 9.97 Å². The van der Waals surface area contributed by atoms with Gasteiger partial charge in [-0.15, -0.1) is 0 Å². The monoisotopic (exact) mass is 250 g/mol. The number of anilines is 2. The highest BCUT2D eigenvalue weighted by molar-refractivity contribution is 5.55. The predicted octanol–water partition coefficient (Wildman–Crippen LogP) is 1.50. The highest BCUT2D eigenvalue weighted by Crippen LogP contribution is 2.45. The van der Waals surface area contributed by atoms with Crippen molar-refractivity contribution in [3.8, 4) is 0 Å². The maximum Gasteiger partial charge on any atom is 0.134 e. The molecule has 1 aliphatic rings. The van der Waals surface area contributed by atoms with Gasteiger partial charge in [0.25, 0.3) is 0 Å². The summed E-state index contributed by atoms with van der Waals surface area (Å²) in [5, 5.41) is 12.6. The Bertz CT molecular complexity index is 429. The number of aliphatic hydroxyl groups is 1. The molecule has 4 N–H and O–H groups in total. The Morgan fingerprint density at radius 3 is 2.67 bits per heavy atom. The van der Waals surface area contributed by atoms with Crippen molar-refractivity contribution in [2.45, 2.75) is 39.5 Å². The summed E-state index contributed by atoms with van der Waals surface area (Å²) in [5.74, 6) is 2.15. The van der Waals surface area contributed by atoms with Crippen LogP contribution in [0.2, 0.25) is 0 Å². The van der Waals surface area contributed by atoms with Gasteiger partial charge in [0.05, 0.1) is 6.61 Å². The number of nitrogens with two attached hydrogens (primary N) is 1. The van der Waals surface area contributed by atoms with Gasteiger partial charge in [-0.2, -0.15) is 0 Å². The molecule has 1 aliphatic carbocycles. The van der Waals surface area contributed by atoms with Crippen molar-refractivity contribution in [2.24, 2.45) is 5.41 Å². The number of hydrogen-bond acceptors (Lipinski definition) is 5. The summed E-state index contributed by atoms with van der Waals surface area (Å²) in [6.45, 7) is 5.01. The van der Waals surface area contributed by atoms with Crippen molar-refractivity contribution < 1.29 is 5.11 Å². The lowest BCUT2D eigenvalue weighted by atomic mass is 10.1. The van der Waals surface area contributed by atoms with E-state index in [0.717, 1.165) is 49.4 Å². The lowest BCUT2D eigenvalue weighted by molar-refractivity contribution is 0.219. The molecule has 0 bridgehead atoms. The first-order chi connectivity index (χ1) is 8.60. The first-order valence-corrected chi connectivity index (χ1v) is 6.58. The van der Waals surface area contributed by atoms with Crippen molar-refractivity contribution in [3.63, 3.8) is 0 Å². The predicted molar refractivity (Wildman–Crippen MR) is 72.4 cm³/mol. The van der Waals surface area contributed by atoms with Crippen LogP contribution in [0, 0.1) is 12.3 Å². The van der Waals surface area contributed by atoms with Gasteiger partial charge in [0.1, 0.15) is 17.5 Å². The molecule has 1 fully saturated rings. The largest absolute Gasteiger partial charge is 0.396 e. The number of nitrogens with one attached hydrogen (secondary N) is 1. The molecule has 0 radical (unpaired) electrons. The molecule has 1 heterocycles. The molecule has 0 saturated heterocycles. The summed E-state index contributed by atoms with van der Waals surface area (Å²) in [6.07, 6.45) is 4.00. The molecule has 18 heavy (non-hydrogen) atoms. The summed E-state index contributed by atoms with van der Waals surface area (Å²) >= 11 is 0. The zero-order chi connectivity index (χ0) is 13.2. The van der Waals surface area contributed by atoms with Crippen LogP contribution < -0.4 is 11.1 Å². The number of nitrogens with zero attached hydrogens (tertiary/aromatic N) is 2. The van der Waals surface area contributed by atoms with E-state index in [0.29, 0.717) is 5.82 Å². The van der Waals surface area contributed by atoms with E-state index in [1.807, 2.05) is 6.92 Å². The summed E-state index contributed by atoms with van der Waals surface area (Å²) in [4.78, 5) is 8.78. The van der Waals surface area contributed by atoms with Crippen molar-refractivity contribution >= 4 is 11.6 Å². The van der Waals surface area contributed by atoms with Crippen LogP contribution in [0.25, 0.3) is 0 Å². The second-order valence-corrected chi connectivity index (χ2v) is 5.26. The fraction of sp³-hybridized carbons (Fsp3) is 0.692. The van der Waals surface area contributed by atoms with Crippen LogP contribution in [0.4, 0.5) is 11.6 Å². The Kier molecular flexibility index (Phi) is 3.71.